The molecule has 0 aliphatic carbocycles. The fourth-order valence-electron chi connectivity index (χ4n) is 4.99. The van der Waals surface area contributed by atoms with Crippen LogP contribution in [0.25, 0.3) is 0 Å². The number of rotatable bonds is 9. The highest BCUT2D eigenvalue weighted by Gasteiger charge is 2.30. The van der Waals surface area contributed by atoms with Crippen molar-refractivity contribution in [1.29, 1.82) is 0 Å². The van der Waals surface area contributed by atoms with E-state index >= 15 is 0 Å². The van der Waals surface area contributed by atoms with Gasteiger partial charge in [-0.25, -0.2) is 4.98 Å². The maximum absolute atomic E-state index is 13.0. The first-order valence-corrected chi connectivity index (χ1v) is 13.4. The van der Waals surface area contributed by atoms with Crippen molar-refractivity contribution in [3.63, 3.8) is 0 Å². The van der Waals surface area contributed by atoms with Crippen molar-refractivity contribution >= 4 is 29.1 Å². The number of ether oxygens (including phenoxy) is 1. The van der Waals surface area contributed by atoms with Crippen molar-refractivity contribution in [3.05, 3.63) is 51.9 Å². The molecule has 2 atom stereocenters. The molecule has 7 nitrogen and oxygen atoms in total. The number of halogens is 2. The maximum Gasteiger partial charge on any atom is 0.239 e. The number of nitrogens with zero attached hydrogens (tertiary/aromatic N) is 4. The zero-order chi connectivity index (χ0) is 24.8. The molecule has 0 unspecified atom stereocenters. The molecule has 1 aromatic heterocycles. The molecule has 2 N–H and O–H groups in total. The van der Waals surface area contributed by atoms with Crippen molar-refractivity contribution in [1.82, 2.24) is 19.8 Å². The van der Waals surface area contributed by atoms with Crippen LogP contribution in [0.5, 0.6) is 5.88 Å². The Kier molecular flexibility index (Phi) is 9.22. The van der Waals surface area contributed by atoms with Crippen LogP contribution in [-0.4, -0.2) is 70.5 Å². The first kappa shape index (κ1) is 26.1. The standard InChI is InChI=1S/C26H35Cl2N5O2/c1-2-21(17-32-11-3-4-12-32)35-25-24(30-9-10-31-25)18-7-13-33(14-8-18)26(34)23(29)15-19-5-6-20(27)16-22(19)28/h5-6,9-10,16,18,21,23H,2-4,7-8,11-15,17,29H2,1H3/t21-,23+/m0/s1. The second-order valence-corrected chi connectivity index (χ2v) is 10.4. The Morgan fingerprint density at radius 3 is 2.54 bits per heavy atom. The molecule has 4 rings (SSSR count). The lowest BCUT2D eigenvalue weighted by Crippen LogP contribution is -2.47. The third kappa shape index (κ3) is 6.85. The van der Waals surface area contributed by atoms with Gasteiger partial charge in [0.25, 0.3) is 0 Å². The molecule has 2 aromatic rings. The van der Waals surface area contributed by atoms with E-state index in [2.05, 4.69) is 21.8 Å². The lowest BCUT2D eigenvalue weighted by molar-refractivity contribution is -0.133. The predicted molar refractivity (Wildman–Crippen MR) is 139 cm³/mol. The summed E-state index contributed by atoms with van der Waals surface area (Å²) in [6, 6.07) is 4.62. The van der Waals surface area contributed by atoms with E-state index in [0.29, 0.717) is 35.4 Å². The molecule has 0 radical (unpaired) electrons. The van der Waals surface area contributed by atoms with E-state index in [1.165, 1.54) is 12.8 Å². The second kappa shape index (κ2) is 12.3. The largest absolute Gasteiger partial charge is 0.472 e. The third-order valence-electron chi connectivity index (χ3n) is 7.05. The summed E-state index contributed by atoms with van der Waals surface area (Å²) in [6.07, 6.45) is 8.97. The van der Waals surface area contributed by atoms with Gasteiger partial charge in [0.05, 0.1) is 6.04 Å². The molecule has 35 heavy (non-hydrogen) atoms. The Balaban J connectivity index is 1.33. The predicted octanol–water partition coefficient (Wildman–Crippen LogP) is 4.31. The lowest BCUT2D eigenvalue weighted by atomic mass is 9.92. The summed E-state index contributed by atoms with van der Waals surface area (Å²) in [5.41, 5.74) is 7.99. The highest BCUT2D eigenvalue weighted by molar-refractivity contribution is 6.35. The van der Waals surface area contributed by atoms with Crippen LogP contribution in [0.3, 0.4) is 0 Å². The van der Waals surface area contributed by atoms with Gasteiger partial charge in [-0.1, -0.05) is 36.2 Å². The van der Waals surface area contributed by atoms with Crippen molar-refractivity contribution in [2.75, 3.05) is 32.7 Å². The number of likely N-dealkylation sites (tertiary alicyclic amines) is 2. The number of benzene rings is 1. The summed E-state index contributed by atoms with van der Waals surface area (Å²) in [6.45, 7) is 6.63. The molecule has 2 fully saturated rings. The molecule has 3 heterocycles. The summed E-state index contributed by atoms with van der Waals surface area (Å²) >= 11 is 12.2. The number of aromatic nitrogens is 2. The molecule has 1 aromatic carbocycles. The van der Waals surface area contributed by atoms with Crippen LogP contribution >= 0.6 is 23.2 Å². The topological polar surface area (TPSA) is 84.6 Å². The van der Waals surface area contributed by atoms with E-state index in [-0.39, 0.29) is 17.9 Å². The number of carbonyl (C=O) groups excluding carboxylic acids is 1. The first-order chi connectivity index (χ1) is 16.9. The molecule has 0 saturated carbocycles. The Morgan fingerprint density at radius 1 is 1.14 bits per heavy atom. The van der Waals surface area contributed by atoms with Crippen LogP contribution in [0.4, 0.5) is 0 Å². The SMILES string of the molecule is CC[C@@H](CN1CCCC1)Oc1nccnc1C1CCN(C(=O)[C@H](N)Cc2ccc(Cl)cc2Cl)CC1. The average Bonchev–Trinajstić information content (AvgIpc) is 3.38. The van der Waals surface area contributed by atoms with Crippen LogP contribution in [0.2, 0.25) is 10.0 Å². The Labute approximate surface area is 217 Å². The normalized spacial score (nSPS) is 19.0. The summed E-state index contributed by atoms with van der Waals surface area (Å²) in [4.78, 5) is 26.5. The summed E-state index contributed by atoms with van der Waals surface area (Å²) in [5.74, 6) is 0.785. The van der Waals surface area contributed by atoms with E-state index in [1.807, 2.05) is 11.0 Å². The minimum Gasteiger partial charge on any atom is -0.472 e. The molecule has 2 aliphatic rings. The number of piperidine rings is 1. The molecular weight excluding hydrogens is 485 g/mol. The first-order valence-electron chi connectivity index (χ1n) is 12.6. The minimum absolute atomic E-state index is 0.0539. The van der Waals surface area contributed by atoms with Gasteiger partial charge in [0, 0.05) is 48.0 Å². The van der Waals surface area contributed by atoms with Crippen LogP contribution in [-0.2, 0) is 11.2 Å². The van der Waals surface area contributed by atoms with Crippen LogP contribution in [0.1, 0.15) is 56.2 Å². The molecule has 2 aliphatic heterocycles. The Bertz CT molecular complexity index is 993. The van der Waals surface area contributed by atoms with Gasteiger partial charge in [-0.3, -0.25) is 14.7 Å². The number of amides is 1. The van der Waals surface area contributed by atoms with E-state index < -0.39 is 6.04 Å². The number of nitrogens with two attached hydrogens (primary N) is 1. The molecule has 190 valence electrons. The zero-order valence-corrected chi connectivity index (χ0v) is 21.8. The summed E-state index contributed by atoms with van der Waals surface area (Å²) in [5, 5.41) is 1.10. The highest BCUT2D eigenvalue weighted by Crippen LogP contribution is 2.32. The lowest BCUT2D eigenvalue weighted by Gasteiger charge is -2.34. The van der Waals surface area contributed by atoms with Crippen molar-refractivity contribution in [2.45, 2.75) is 63.5 Å². The quantitative estimate of drug-likeness (QED) is 0.531. The summed E-state index contributed by atoms with van der Waals surface area (Å²) in [7, 11) is 0. The van der Waals surface area contributed by atoms with E-state index in [4.69, 9.17) is 33.7 Å². The second-order valence-electron chi connectivity index (χ2n) is 9.55. The molecule has 2 saturated heterocycles. The van der Waals surface area contributed by atoms with Gasteiger partial charge in [0.1, 0.15) is 11.8 Å². The van der Waals surface area contributed by atoms with Gasteiger partial charge in [-0.05, 0) is 69.3 Å². The number of hydrogen-bond acceptors (Lipinski definition) is 6. The monoisotopic (exact) mass is 519 g/mol. The highest BCUT2D eigenvalue weighted by atomic mass is 35.5. The van der Waals surface area contributed by atoms with Gasteiger partial charge < -0.3 is 15.4 Å². The van der Waals surface area contributed by atoms with Crippen molar-refractivity contribution in [2.24, 2.45) is 5.73 Å². The summed E-state index contributed by atoms with van der Waals surface area (Å²) < 4.78 is 6.37. The fraction of sp³-hybridized carbons (Fsp3) is 0.577. The molecular formula is C26H35Cl2N5O2. The molecule has 0 spiro atoms. The van der Waals surface area contributed by atoms with E-state index in [1.54, 1.807) is 24.5 Å². The zero-order valence-electron chi connectivity index (χ0n) is 20.3. The Hall–Kier alpha value is -1.93. The number of hydrogen-bond donors (Lipinski definition) is 1. The van der Waals surface area contributed by atoms with E-state index in [0.717, 1.165) is 50.2 Å². The van der Waals surface area contributed by atoms with E-state index in [9.17, 15) is 4.79 Å². The molecule has 0 bridgehead atoms. The van der Waals surface area contributed by atoms with Crippen molar-refractivity contribution < 1.29 is 9.53 Å². The Morgan fingerprint density at radius 2 is 1.86 bits per heavy atom. The smallest absolute Gasteiger partial charge is 0.239 e. The molecule has 9 heteroatoms. The van der Waals surface area contributed by atoms with Gasteiger partial charge in [-0.15, -0.1) is 0 Å². The molecule has 1 amide bonds. The van der Waals surface area contributed by atoms with Crippen LogP contribution < -0.4 is 10.5 Å². The minimum atomic E-state index is -0.642. The number of carbonyl (C=O) groups is 1. The van der Waals surface area contributed by atoms with Gasteiger partial charge in [0.2, 0.25) is 11.8 Å². The van der Waals surface area contributed by atoms with Gasteiger partial charge >= 0.3 is 0 Å². The van der Waals surface area contributed by atoms with Crippen LogP contribution in [0, 0.1) is 0 Å². The van der Waals surface area contributed by atoms with Crippen molar-refractivity contribution in [3.8, 4) is 5.88 Å². The average molecular weight is 521 g/mol. The van der Waals surface area contributed by atoms with Gasteiger partial charge in [0.15, 0.2) is 0 Å². The third-order valence-corrected chi connectivity index (χ3v) is 7.64. The van der Waals surface area contributed by atoms with Crippen LogP contribution in [0.15, 0.2) is 30.6 Å². The fourth-order valence-corrected chi connectivity index (χ4v) is 5.47. The maximum atomic E-state index is 13.0. The van der Waals surface area contributed by atoms with Gasteiger partial charge in [-0.2, -0.15) is 0 Å².